The molecule has 2 rings (SSSR count). The first-order valence-corrected chi connectivity index (χ1v) is 9.49. The highest BCUT2D eigenvalue weighted by molar-refractivity contribution is 5.66. The van der Waals surface area contributed by atoms with Gasteiger partial charge >= 0.3 is 5.97 Å². The van der Waals surface area contributed by atoms with Crippen LogP contribution < -0.4 is 4.74 Å². The topological polar surface area (TPSA) is 46.5 Å². The molecule has 1 saturated carbocycles. The standard InChI is InChI=1S/C22H30O3/c1-2-3-10-18-11-9-12-19(18)17-21(15-7-8-16-22(23)24)25-20-13-5-4-6-14-20/h3-6,10,13-15,18-19H,2,7-9,11-12,16-17H2,1H3,(H,23,24)/t18-,19+/m0/s1. The van der Waals surface area contributed by atoms with Crippen molar-refractivity contribution in [2.45, 2.75) is 58.3 Å². The summed E-state index contributed by atoms with van der Waals surface area (Å²) in [5.74, 6) is 2.36. The largest absolute Gasteiger partial charge is 0.481 e. The molecule has 25 heavy (non-hydrogen) atoms. The van der Waals surface area contributed by atoms with E-state index >= 15 is 0 Å². The summed E-state index contributed by atoms with van der Waals surface area (Å²) in [5, 5.41) is 8.80. The van der Waals surface area contributed by atoms with Crippen LogP contribution in [-0.4, -0.2) is 11.1 Å². The average Bonchev–Trinajstić information content (AvgIpc) is 3.04. The molecule has 1 aromatic carbocycles. The summed E-state index contributed by atoms with van der Waals surface area (Å²) in [4.78, 5) is 10.7. The van der Waals surface area contributed by atoms with Gasteiger partial charge in [0, 0.05) is 12.8 Å². The summed E-state index contributed by atoms with van der Waals surface area (Å²) in [7, 11) is 0. The van der Waals surface area contributed by atoms with Crippen LogP contribution >= 0.6 is 0 Å². The molecule has 0 spiro atoms. The lowest BCUT2D eigenvalue weighted by Gasteiger charge is -2.19. The lowest BCUT2D eigenvalue weighted by Crippen LogP contribution is -2.09. The maximum absolute atomic E-state index is 10.7. The Balaban J connectivity index is 2.01. The number of para-hydroxylation sites is 1. The number of carboxylic acid groups (broad SMARTS) is 1. The lowest BCUT2D eigenvalue weighted by atomic mass is 9.91. The van der Waals surface area contributed by atoms with Gasteiger partial charge in [-0.1, -0.05) is 43.7 Å². The first-order valence-electron chi connectivity index (χ1n) is 9.49. The smallest absolute Gasteiger partial charge is 0.303 e. The van der Waals surface area contributed by atoms with Crippen LogP contribution in [0.4, 0.5) is 0 Å². The zero-order valence-corrected chi connectivity index (χ0v) is 15.2. The maximum Gasteiger partial charge on any atom is 0.303 e. The van der Waals surface area contributed by atoms with Gasteiger partial charge in [-0.05, 0) is 62.1 Å². The van der Waals surface area contributed by atoms with Crippen molar-refractivity contribution in [2.75, 3.05) is 0 Å². The molecule has 0 heterocycles. The highest BCUT2D eigenvalue weighted by Crippen LogP contribution is 2.37. The first-order chi connectivity index (χ1) is 12.2. The zero-order chi connectivity index (χ0) is 17.9. The Bertz CT molecular complexity index is 574. The number of rotatable bonds is 10. The van der Waals surface area contributed by atoms with Crippen molar-refractivity contribution in [3.63, 3.8) is 0 Å². The van der Waals surface area contributed by atoms with E-state index < -0.39 is 5.97 Å². The maximum atomic E-state index is 10.7. The van der Waals surface area contributed by atoms with Crippen LogP contribution in [0.15, 0.2) is 54.3 Å². The van der Waals surface area contributed by atoms with Gasteiger partial charge in [0.15, 0.2) is 0 Å². The second-order valence-electron chi connectivity index (χ2n) is 6.77. The Hall–Kier alpha value is -2.03. The van der Waals surface area contributed by atoms with Crippen molar-refractivity contribution >= 4 is 5.97 Å². The molecule has 0 amide bonds. The third kappa shape index (κ3) is 7.16. The molecule has 1 N–H and O–H groups in total. The summed E-state index contributed by atoms with van der Waals surface area (Å²) >= 11 is 0. The van der Waals surface area contributed by atoms with Crippen LogP contribution in [-0.2, 0) is 4.79 Å². The van der Waals surface area contributed by atoms with Gasteiger partial charge in [0.1, 0.15) is 11.5 Å². The fourth-order valence-corrected chi connectivity index (χ4v) is 3.46. The van der Waals surface area contributed by atoms with Crippen molar-refractivity contribution in [3.8, 4) is 5.75 Å². The van der Waals surface area contributed by atoms with Crippen LogP contribution in [0.1, 0.15) is 58.3 Å². The molecule has 1 aliphatic rings. The van der Waals surface area contributed by atoms with E-state index in [1.165, 1.54) is 19.3 Å². The Kier molecular flexibility index (Phi) is 8.30. The van der Waals surface area contributed by atoms with Crippen molar-refractivity contribution in [1.82, 2.24) is 0 Å². The fraction of sp³-hybridized carbons (Fsp3) is 0.500. The minimum Gasteiger partial charge on any atom is -0.481 e. The van der Waals surface area contributed by atoms with Gasteiger partial charge in [-0.2, -0.15) is 0 Å². The molecule has 3 heteroatoms. The van der Waals surface area contributed by atoms with E-state index in [2.05, 4.69) is 25.2 Å². The van der Waals surface area contributed by atoms with Gasteiger partial charge in [0.2, 0.25) is 0 Å². The molecular weight excluding hydrogens is 312 g/mol. The van der Waals surface area contributed by atoms with E-state index in [9.17, 15) is 4.79 Å². The Morgan fingerprint density at radius 1 is 1.28 bits per heavy atom. The first kappa shape index (κ1) is 19.3. The molecule has 0 aliphatic heterocycles. The van der Waals surface area contributed by atoms with Gasteiger partial charge in [0.25, 0.3) is 0 Å². The monoisotopic (exact) mass is 342 g/mol. The van der Waals surface area contributed by atoms with Crippen LogP contribution in [0.2, 0.25) is 0 Å². The molecule has 1 aromatic rings. The summed E-state index contributed by atoms with van der Waals surface area (Å²) < 4.78 is 6.13. The van der Waals surface area contributed by atoms with E-state index in [-0.39, 0.29) is 6.42 Å². The molecule has 2 atom stereocenters. The molecule has 0 unspecified atom stereocenters. The summed E-state index contributed by atoms with van der Waals surface area (Å²) in [6.07, 6.45) is 14.2. The minimum absolute atomic E-state index is 0.209. The van der Waals surface area contributed by atoms with E-state index in [1.54, 1.807) is 0 Å². The van der Waals surface area contributed by atoms with Gasteiger partial charge in [-0.15, -0.1) is 0 Å². The number of hydrogen-bond donors (Lipinski definition) is 1. The van der Waals surface area contributed by atoms with Crippen molar-refractivity contribution in [1.29, 1.82) is 0 Å². The molecule has 3 nitrogen and oxygen atoms in total. The molecule has 136 valence electrons. The highest BCUT2D eigenvalue weighted by atomic mass is 16.5. The molecular formula is C22H30O3. The van der Waals surface area contributed by atoms with Gasteiger partial charge in [-0.25, -0.2) is 0 Å². The quantitative estimate of drug-likeness (QED) is 0.323. The molecule has 1 aliphatic carbocycles. The predicted molar refractivity (Wildman–Crippen MR) is 102 cm³/mol. The average molecular weight is 342 g/mol. The van der Waals surface area contributed by atoms with Crippen molar-refractivity contribution in [3.05, 3.63) is 54.3 Å². The Morgan fingerprint density at radius 3 is 2.80 bits per heavy atom. The number of unbranched alkanes of at least 4 members (excludes halogenated alkanes) is 1. The molecule has 0 saturated heterocycles. The van der Waals surface area contributed by atoms with Crippen molar-refractivity contribution in [2.24, 2.45) is 11.8 Å². The molecule has 0 bridgehead atoms. The van der Waals surface area contributed by atoms with Gasteiger partial charge < -0.3 is 9.84 Å². The van der Waals surface area contributed by atoms with E-state index in [1.807, 2.05) is 30.3 Å². The number of benzene rings is 1. The number of hydrogen-bond acceptors (Lipinski definition) is 2. The van der Waals surface area contributed by atoms with Crippen LogP contribution in [0.3, 0.4) is 0 Å². The predicted octanol–water partition coefficient (Wildman–Crippen LogP) is 5.98. The lowest BCUT2D eigenvalue weighted by molar-refractivity contribution is -0.137. The third-order valence-corrected chi connectivity index (χ3v) is 4.76. The summed E-state index contributed by atoms with van der Waals surface area (Å²) in [5.41, 5.74) is 0. The van der Waals surface area contributed by atoms with Gasteiger partial charge in [0.05, 0.1) is 0 Å². The zero-order valence-electron chi connectivity index (χ0n) is 15.2. The number of allylic oxidation sites excluding steroid dienone is 4. The normalized spacial score (nSPS) is 20.9. The fourth-order valence-electron chi connectivity index (χ4n) is 3.46. The van der Waals surface area contributed by atoms with Crippen LogP contribution in [0.25, 0.3) is 0 Å². The summed E-state index contributed by atoms with van der Waals surface area (Å²) in [6, 6.07) is 9.85. The second kappa shape index (κ2) is 10.8. The van der Waals surface area contributed by atoms with Crippen molar-refractivity contribution < 1.29 is 14.6 Å². The number of ether oxygens (including phenoxy) is 1. The number of carboxylic acids is 1. The van der Waals surface area contributed by atoms with Gasteiger partial charge in [-0.3, -0.25) is 4.79 Å². The molecule has 0 radical (unpaired) electrons. The SMILES string of the molecule is CCC=C[C@H]1CCC[C@@H]1CC(=CCCCC(=O)O)Oc1ccccc1. The number of aliphatic carboxylic acids is 1. The minimum atomic E-state index is -0.737. The molecule has 0 aromatic heterocycles. The Morgan fingerprint density at radius 2 is 2.08 bits per heavy atom. The Labute approximate surface area is 151 Å². The van der Waals surface area contributed by atoms with Crippen LogP contribution in [0.5, 0.6) is 5.75 Å². The molecule has 1 fully saturated rings. The summed E-state index contributed by atoms with van der Waals surface area (Å²) in [6.45, 7) is 2.17. The van der Waals surface area contributed by atoms with E-state index in [0.717, 1.165) is 30.8 Å². The second-order valence-corrected chi connectivity index (χ2v) is 6.77. The number of carbonyl (C=O) groups is 1. The van der Waals surface area contributed by atoms with E-state index in [4.69, 9.17) is 9.84 Å². The van der Waals surface area contributed by atoms with Crippen LogP contribution in [0, 0.1) is 11.8 Å². The highest BCUT2D eigenvalue weighted by Gasteiger charge is 2.26. The third-order valence-electron chi connectivity index (χ3n) is 4.76. The van der Waals surface area contributed by atoms with E-state index in [0.29, 0.717) is 18.3 Å².